The molecule has 0 bridgehead atoms. The smallest absolute Gasteiger partial charge is 0.115 e. The second kappa shape index (κ2) is 5.40. The summed E-state index contributed by atoms with van der Waals surface area (Å²) in [7, 11) is 0. The fraction of sp³-hybridized carbons (Fsp3) is 0. The van der Waals surface area contributed by atoms with Crippen molar-refractivity contribution in [2.45, 2.75) is 0 Å². The molecule has 0 atom stereocenters. The molecule has 0 fully saturated rings. The van der Waals surface area contributed by atoms with Crippen LogP contribution in [0.25, 0.3) is 22.3 Å². The van der Waals surface area contributed by atoms with Gasteiger partial charge in [0.2, 0.25) is 0 Å². The quantitative estimate of drug-likeness (QED) is 0.668. The minimum absolute atomic E-state index is 0.284. The van der Waals surface area contributed by atoms with E-state index in [1.54, 1.807) is 12.1 Å². The third kappa shape index (κ3) is 2.68. The van der Waals surface area contributed by atoms with Crippen molar-refractivity contribution in [1.82, 2.24) is 0 Å². The Bertz CT molecular complexity index is 633. The van der Waals surface area contributed by atoms with Crippen LogP contribution >= 0.6 is 11.6 Å². The lowest BCUT2D eigenvalue weighted by molar-refractivity contribution is 0.475. The Morgan fingerprint density at radius 1 is 0.500 bits per heavy atom. The standard InChI is InChI=1S/C18H13ClO/c19-17-9-5-15(6-10-17)13-1-3-14(4-2-13)16-7-11-18(20)12-8-16/h1-12,20H. The number of halogens is 1. The third-order valence-electron chi connectivity index (χ3n) is 3.26. The molecule has 0 saturated carbocycles. The first-order valence-corrected chi connectivity index (χ1v) is 6.75. The Labute approximate surface area is 123 Å². The highest BCUT2D eigenvalue weighted by Gasteiger charge is 2.00. The largest absolute Gasteiger partial charge is 0.508 e. The van der Waals surface area contributed by atoms with Gasteiger partial charge in [-0.05, 0) is 46.5 Å². The Balaban J connectivity index is 1.91. The molecule has 3 rings (SSSR count). The maximum absolute atomic E-state index is 9.31. The van der Waals surface area contributed by atoms with Crippen molar-refractivity contribution in [3.8, 4) is 28.0 Å². The van der Waals surface area contributed by atoms with E-state index in [-0.39, 0.29) is 5.75 Å². The summed E-state index contributed by atoms with van der Waals surface area (Å²) < 4.78 is 0. The van der Waals surface area contributed by atoms with E-state index in [2.05, 4.69) is 24.3 Å². The fourth-order valence-electron chi connectivity index (χ4n) is 2.15. The first-order valence-electron chi connectivity index (χ1n) is 6.38. The highest BCUT2D eigenvalue weighted by molar-refractivity contribution is 6.30. The van der Waals surface area contributed by atoms with E-state index in [1.807, 2.05) is 36.4 Å². The van der Waals surface area contributed by atoms with Gasteiger partial charge in [0.05, 0.1) is 0 Å². The molecule has 2 heteroatoms. The second-order valence-electron chi connectivity index (χ2n) is 4.63. The van der Waals surface area contributed by atoms with Gasteiger partial charge in [0.25, 0.3) is 0 Å². The maximum Gasteiger partial charge on any atom is 0.115 e. The highest BCUT2D eigenvalue weighted by Crippen LogP contribution is 2.26. The van der Waals surface area contributed by atoms with Crippen LogP contribution in [0.2, 0.25) is 5.02 Å². The van der Waals surface area contributed by atoms with E-state index < -0.39 is 0 Å². The summed E-state index contributed by atoms with van der Waals surface area (Å²) in [5, 5.41) is 10.1. The third-order valence-corrected chi connectivity index (χ3v) is 3.52. The number of hydrogen-bond donors (Lipinski definition) is 1. The van der Waals surface area contributed by atoms with Gasteiger partial charge < -0.3 is 5.11 Å². The summed E-state index contributed by atoms with van der Waals surface area (Å²) in [5.74, 6) is 0.284. The molecular weight excluding hydrogens is 268 g/mol. The van der Waals surface area contributed by atoms with E-state index >= 15 is 0 Å². The zero-order valence-electron chi connectivity index (χ0n) is 10.8. The lowest BCUT2D eigenvalue weighted by atomic mass is 10.0. The maximum atomic E-state index is 9.31. The molecule has 3 aromatic rings. The van der Waals surface area contributed by atoms with Gasteiger partial charge in [0, 0.05) is 5.02 Å². The molecule has 0 spiro atoms. The van der Waals surface area contributed by atoms with Crippen molar-refractivity contribution in [1.29, 1.82) is 0 Å². The monoisotopic (exact) mass is 280 g/mol. The van der Waals surface area contributed by atoms with Crippen molar-refractivity contribution in [3.63, 3.8) is 0 Å². The van der Waals surface area contributed by atoms with E-state index in [4.69, 9.17) is 11.6 Å². The molecule has 1 nitrogen and oxygen atoms in total. The van der Waals surface area contributed by atoms with Gasteiger partial charge in [-0.2, -0.15) is 0 Å². The van der Waals surface area contributed by atoms with Gasteiger partial charge in [0.1, 0.15) is 5.75 Å². The molecule has 0 aliphatic carbocycles. The number of benzene rings is 3. The molecule has 0 aliphatic heterocycles. The molecule has 1 N–H and O–H groups in total. The van der Waals surface area contributed by atoms with E-state index in [1.165, 1.54) is 0 Å². The first-order chi connectivity index (χ1) is 9.72. The zero-order valence-corrected chi connectivity index (χ0v) is 11.5. The topological polar surface area (TPSA) is 20.2 Å². The first kappa shape index (κ1) is 12.8. The van der Waals surface area contributed by atoms with Crippen molar-refractivity contribution < 1.29 is 5.11 Å². The molecule has 3 aromatic carbocycles. The van der Waals surface area contributed by atoms with Gasteiger partial charge in [0.15, 0.2) is 0 Å². The van der Waals surface area contributed by atoms with Crippen molar-refractivity contribution >= 4 is 11.6 Å². The van der Waals surface area contributed by atoms with Crippen molar-refractivity contribution in [3.05, 3.63) is 77.8 Å². The van der Waals surface area contributed by atoms with Crippen LogP contribution in [-0.2, 0) is 0 Å². The molecule has 0 saturated heterocycles. The van der Waals surface area contributed by atoms with Crippen molar-refractivity contribution in [2.75, 3.05) is 0 Å². The summed E-state index contributed by atoms with van der Waals surface area (Å²) in [6.07, 6.45) is 0. The molecule has 98 valence electrons. The highest BCUT2D eigenvalue weighted by atomic mass is 35.5. The van der Waals surface area contributed by atoms with Crippen LogP contribution in [-0.4, -0.2) is 5.11 Å². The van der Waals surface area contributed by atoms with Gasteiger partial charge in [-0.25, -0.2) is 0 Å². The Morgan fingerprint density at radius 2 is 0.800 bits per heavy atom. The average Bonchev–Trinajstić information content (AvgIpc) is 2.49. The SMILES string of the molecule is Oc1ccc(-c2ccc(-c3ccc(Cl)cc3)cc2)cc1. The molecule has 0 aromatic heterocycles. The average molecular weight is 281 g/mol. The summed E-state index contributed by atoms with van der Waals surface area (Å²) in [5.41, 5.74) is 4.52. The van der Waals surface area contributed by atoms with Crippen LogP contribution in [0.4, 0.5) is 0 Å². The minimum Gasteiger partial charge on any atom is -0.508 e. The van der Waals surface area contributed by atoms with Crippen LogP contribution < -0.4 is 0 Å². The van der Waals surface area contributed by atoms with Crippen LogP contribution in [0, 0.1) is 0 Å². The molecule has 0 radical (unpaired) electrons. The van der Waals surface area contributed by atoms with Crippen molar-refractivity contribution in [2.24, 2.45) is 0 Å². The van der Waals surface area contributed by atoms with E-state index in [0.717, 1.165) is 27.3 Å². The van der Waals surface area contributed by atoms with Crippen LogP contribution in [0.15, 0.2) is 72.8 Å². The van der Waals surface area contributed by atoms with E-state index in [9.17, 15) is 5.11 Å². The van der Waals surface area contributed by atoms with Crippen LogP contribution in [0.5, 0.6) is 5.75 Å². The van der Waals surface area contributed by atoms with Gasteiger partial charge in [-0.3, -0.25) is 0 Å². The number of rotatable bonds is 2. The summed E-state index contributed by atoms with van der Waals surface area (Å²) in [6, 6.07) is 23.4. The predicted octanol–water partition coefficient (Wildman–Crippen LogP) is 5.38. The summed E-state index contributed by atoms with van der Waals surface area (Å²) in [4.78, 5) is 0. The fourth-order valence-corrected chi connectivity index (χ4v) is 2.28. The van der Waals surface area contributed by atoms with Crippen LogP contribution in [0.3, 0.4) is 0 Å². The van der Waals surface area contributed by atoms with Gasteiger partial charge in [-0.1, -0.05) is 60.1 Å². The van der Waals surface area contributed by atoms with E-state index in [0.29, 0.717) is 0 Å². The van der Waals surface area contributed by atoms with Gasteiger partial charge >= 0.3 is 0 Å². The number of phenols is 1. The molecule has 0 amide bonds. The molecule has 20 heavy (non-hydrogen) atoms. The number of phenolic OH excluding ortho intramolecular Hbond substituents is 1. The number of hydrogen-bond acceptors (Lipinski definition) is 1. The molecule has 0 unspecified atom stereocenters. The minimum atomic E-state index is 0.284. The van der Waals surface area contributed by atoms with Gasteiger partial charge in [-0.15, -0.1) is 0 Å². The second-order valence-corrected chi connectivity index (χ2v) is 5.07. The number of aromatic hydroxyl groups is 1. The summed E-state index contributed by atoms with van der Waals surface area (Å²) >= 11 is 5.90. The van der Waals surface area contributed by atoms with Crippen LogP contribution in [0.1, 0.15) is 0 Å². The Kier molecular flexibility index (Phi) is 3.44. The zero-order chi connectivity index (χ0) is 13.9. The normalized spacial score (nSPS) is 10.4. The lowest BCUT2D eigenvalue weighted by Crippen LogP contribution is -1.80. The lowest BCUT2D eigenvalue weighted by Gasteiger charge is -2.05. The predicted molar refractivity (Wildman–Crippen MR) is 84.0 cm³/mol. The molecular formula is C18H13ClO. The summed E-state index contributed by atoms with van der Waals surface area (Å²) in [6.45, 7) is 0. The molecule has 0 aliphatic rings. The Hall–Kier alpha value is -2.25. The Morgan fingerprint density at radius 3 is 1.20 bits per heavy atom. The molecule has 0 heterocycles.